The third kappa shape index (κ3) is 4.46. The summed E-state index contributed by atoms with van der Waals surface area (Å²) in [5, 5.41) is 11.1. The van der Waals surface area contributed by atoms with E-state index in [1.165, 1.54) is 0 Å². The quantitative estimate of drug-likeness (QED) is 0.522. The number of ether oxygens (including phenoxy) is 1. The van der Waals surface area contributed by atoms with E-state index in [4.69, 9.17) is 9.26 Å². The average Bonchev–Trinajstić information content (AvgIpc) is 3.22. The molecule has 3 aromatic rings. The van der Waals surface area contributed by atoms with Gasteiger partial charge in [0.05, 0.1) is 15.9 Å². The maximum Gasteiger partial charge on any atom is 0.316 e. The molecular formula is C18H20IN5O3. The van der Waals surface area contributed by atoms with Crippen molar-refractivity contribution in [2.24, 2.45) is 0 Å². The van der Waals surface area contributed by atoms with Gasteiger partial charge in [-0.3, -0.25) is 9.48 Å². The van der Waals surface area contributed by atoms with Crippen LogP contribution in [0.3, 0.4) is 0 Å². The summed E-state index contributed by atoms with van der Waals surface area (Å²) < 4.78 is 13.5. The number of carbonyl (C=O) groups is 1. The van der Waals surface area contributed by atoms with Crippen molar-refractivity contribution < 1.29 is 14.1 Å². The first-order valence-corrected chi connectivity index (χ1v) is 9.58. The van der Waals surface area contributed by atoms with Crippen molar-refractivity contribution in [2.45, 2.75) is 33.9 Å². The number of hydrogen-bond donors (Lipinski definition) is 1. The van der Waals surface area contributed by atoms with Gasteiger partial charge in [-0.2, -0.15) is 10.1 Å². The van der Waals surface area contributed by atoms with Gasteiger partial charge >= 0.3 is 11.8 Å². The third-order valence-corrected chi connectivity index (χ3v) is 5.52. The van der Waals surface area contributed by atoms with Crippen LogP contribution in [0.25, 0.3) is 0 Å². The molecule has 1 aromatic carbocycles. The van der Waals surface area contributed by atoms with Crippen LogP contribution in [0, 0.1) is 17.4 Å². The Bertz CT molecular complexity index is 950. The van der Waals surface area contributed by atoms with Crippen molar-refractivity contribution in [1.82, 2.24) is 25.2 Å². The Hall–Kier alpha value is -2.43. The van der Waals surface area contributed by atoms with E-state index in [2.05, 4.69) is 43.1 Å². The van der Waals surface area contributed by atoms with Crippen LogP contribution in [0.5, 0.6) is 5.75 Å². The molecule has 0 atom stereocenters. The Kier molecular flexibility index (Phi) is 6.09. The van der Waals surface area contributed by atoms with E-state index in [0.29, 0.717) is 25.5 Å². The molecule has 9 heteroatoms. The second-order valence-corrected chi connectivity index (χ2v) is 6.96. The van der Waals surface area contributed by atoms with Crippen molar-refractivity contribution in [2.75, 3.05) is 6.61 Å². The number of carbonyl (C=O) groups excluding carboxylic acids is 1. The van der Waals surface area contributed by atoms with Crippen LogP contribution in [-0.2, 0) is 13.1 Å². The number of amides is 1. The maximum atomic E-state index is 12.3. The molecule has 2 heterocycles. The summed E-state index contributed by atoms with van der Waals surface area (Å²) in [6.07, 6.45) is 0. The lowest BCUT2D eigenvalue weighted by Crippen LogP contribution is -2.23. The maximum absolute atomic E-state index is 12.3. The first kappa shape index (κ1) is 19.3. The van der Waals surface area contributed by atoms with Crippen LogP contribution in [0.4, 0.5) is 0 Å². The number of hydrogen-bond acceptors (Lipinski definition) is 6. The van der Waals surface area contributed by atoms with Crippen molar-refractivity contribution >= 4 is 28.5 Å². The predicted octanol–water partition coefficient (Wildman–Crippen LogP) is 2.86. The summed E-state index contributed by atoms with van der Waals surface area (Å²) in [5.41, 5.74) is 2.85. The van der Waals surface area contributed by atoms with Gasteiger partial charge in [0.1, 0.15) is 12.3 Å². The zero-order valence-corrected chi connectivity index (χ0v) is 17.5. The highest BCUT2D eigenvalue weighted by molar-refractivity contribution is 14.1. The van der Waals surface area contributed by atoms with Crippen LogP contribution >= 0.6 is 22.6 Å². The Labute approximate surface area is 170 Å². The molecule has 3 rings (SSSR count). The fraction of sp³-hybridized carbons (Fsp3) is 0.333. The standard InChI is InChI=1S/C18H20IN5O3/c1-4-26-14-8-6-5-7-13(14)9-20-17(25)18-21-15(23-27-18)10-24-12(3)16(19)11(2)22-24/h5-8H,4,9-10H2,1-3H3,(H,20,25). The molecule has 0 fully saturated rings. The van der Waals surface area contributed by atoms with Gasteiger partial charge in [-0.25, -0.2) is 0 Å². The predicted molar refractivity (Wildman–Crippen MR) is 107 cm³/mol. The van der Waals surface area contributed by atoms with Gasteiger partial charge in [-0.1, -0.05) is 23.4 Å². The minimum Gasteiger partial charge on any atom is -0.494 e. The molecule has 1 N–H and O–H groups in total. The molecule has 27 heavy (non-hydrogen) atoms. The number of halogens is 1. The van der Waals surface area contributed by atoms with Gasteiger partial charge < -0.3 is 14.6 Å². The first-order valence-electron chi connectivity index (χ1n) is 8.50. The lowest BCUT2D eigenvalue weighted by Gasteiger charge is -2.09. The topological polar surface area (TPSA) is 95.1 Å². The Morgan fingerprint density at radius 2 is 2.11 bits per heavy atom. The summed E-state index contributed by atoms with van der Waals surface area (Å²) >= 11 is 2.25. The molecule has 0 bridgehead atoms. The number of benzene rings is 1. The number of aromatic nitrogens is 4. The van der Waals surface area contributed by atoms with Crippen molar-refractivity contribution in [1.29, 1.82) is 0 Å². The first-order chi connectivity index (χ1) is 13.0. The SMILES string of the molecule is CCOc1ccccc1CNC(=O)c1nc(Cn2nc(C)c(I)c2C)no1. The van der Waals surface area contributed by atoms with E-state index < -0.39 is 5.91 Å². The van der Waals surface area contributed by atoms with E-state index >= 15 is 0 Å². The monoisotopic (exact) mass is 481 g/mol. The molecule has 0 aliphatic carbocycles. The number of para-hydroxylation sites is 1. The van der Waals surface area contributed by atoms with Crippen molar-refractivity contribution in [3.63, 3.8) is 0 Å². The molecule has 0 aliphatic heterocycles. The van der Waals surface area contributed by atoms with E-state index in [-0.39, 0.29) is 5.89 Å². The van der Waals surface area contributed by atoms with Crippen molar-refractivity contribution in [3.8, 4) is 5.75 Å². The van der Waals surface area contributed by atoms with Crippen LogP contribution < -0.4 is 10.1 Å². The molecule has 0 radical (unpaired) electrons. The second-order valence-electron chi connectivity index (χ2n) is 5.88. The van der Waals surface area contributed by atoms with Gasteiger partial charge in [-0.05, 0) is 49.4 Å². The molecule has 2 aromatic heterocycles. The summed E-state index contributed by atoms with van der Waals surface area (Å²) in [6, 6.07) is 7.55. The molecule has 0 unspecified atom stereocenters. The second kappa shape index (κ2) is 8.51. The van der Waals surface area contributed by atoms with Gasteiger partial charge in [0.15, 0.2) is 5.82 Å². The third-order valence-electron chi connectivity index (χ3n) is 3.96. The molecule has 0 saturated carbocycles. The number of nitrogens with one attached hydrogen (secondary N) is 1. The summed E-state index contributed by atoms with van der Waals surface area (Å²) in [6.45, 7) is 7.05. The van der Waals surface area contributed by atoms with Gasteiger partial charge in [-0.15, -0.1) is 0 Å². The Morgan fingerprint density at radius 1 is 1.33 bits per heavy atom. The van der Waals surface area contributed by atoms with E-state index in [0.717, 1.165) is 26.3 Å². The molecule has 0 aliphatic rings. The normalized spacial score (nSPS) is 10.8. The summed E-state index contributed by atoms with van der Waals surface area (Å²) in [5.74, 6) is 0.639. The van der Waals surface area contributed by atoms with Crippen LogP contribution in [0.15, 0.2) is 28.8 Å². The fourth-order valence-corrected chi connectivity index (χ4v) is 2.96. The zero-order valence-electron chi connectivity index (χ0n) is 15.3. The highest BCUT2D eigenvalue weighted by atomic mass is 127. The highest BCUT2D eigenvalue weighted by Crippen LogP contribution is 2.18. The van der Waals surface area contributed by atoms with Gasteiger partial charge in [0, 0.05) is 17.8 Å². The fourth-order valence-electron chi connectivity index (χ4n) is 2.57. The minimum atomic E-state index is -0.428. The lowest BCUT2D eigenvalue weighted by molar-refractivity contribution is 0.0906. The van der Waals surface area contributed by atoms with Gasteiger partial charge in [0.25, 0.3) is 0 Å². The molecule has 0 spiro atoms. The van der Waals surface area contributed by atoms with E-state index in [1.807, 2.05) is 45.0 Å². The average molecular weight is 481 g/mol. The van der Waals surface area contributed by atoms with E-state index in [1.54, 1.807) is 4.68 Å². The number of nitrogens with zero attached hydrogens (tertiary/aromatic N) is 4. The molecule has 0 saturated heterocycles. The van der Waals surface area contributed by atoms with Crippen LogP contribution in [0.1, 0.15) is 40.4 Å². The number of aryl methyl sites for hydroxylation is 1. The largest absolute Gasteiger partial charge is 0.494 e. The molecule has 1 amide bonds. The highest BCUT2D eigenvalue weighted by Gasteiger charge is 2.17. The van der Waals surface area contributed by atoms with Gasteiger partial charge in [0.2, 0.25) is 0 Å². The molecule has 8 nitrogen and oxygen atoms in total. The van der Waals surface area contributed by atoms with Crippen LogP contribution in [-0.4, -0.2) is 32.4 Å². The minimum absolute atomic E-state index is 0.0740. The Balaban J connectivity index is 1.64. The smallest absolute Gasteiger partial charge is 0.316 e. The number of rotatable bonds is 7. The summed E-state index contributed by atoms with van der Waals surface area (Å²) in [4.78, 5) is 16.5. The Morgan fingerprint density at radius 3 is 2.81 bits per heavy atom. The zero-order chi connectivity index (χ0) is 19.4. The summed E-state index contributed by atoms with van der Waals surface area (Å²) in [7, 11) is 0. The van der Waals surface area contributed by atoms with Crippen LogP contribution in [0.2, 0.25) is 0 Å². The lowest BCUT2D eigenvalue weighted by atomic mass is 10.2. The molecular weight excluding hydrogens is 461 g/mol. The van der Waals surface area contributed by atoms with E-state index in [9.17, 15) is 4.79 Å². The molecule has 142 valence electrons. The van der Waals surface area contributed by atoms with Crippen molar-refractivity contribution in [3.05, 3.63) is 56.5 Å².